The third-order valence-electron chi connectivity index (χ3n) is 9.86. The molecule has 0 fully saturated rings. The first kappa shape index (κ1) is 49.1. The SMILES string of the molecule is CCCCCCCCCCCCOC(=C=O)CCCCCCCN(CCO)CCCN(CCCCCCCC(=O)O)CCCCCCCC(=O)O. The van der Waals surface area contributed by atoms with Crippen LogP contribution in [0.2, 0.25) is 0 Å². The molecule has 0 saturated carbocycles. The smallest absolute Gasteiger partial charge is 0.303 e. The molecule has 0 atom stereocenters. The van der Waals surface area contributed by atoms with Gasteiger partial charge in [-0.3, -0.25) is 9.59 Å². The zero-order valence-corrected chi connectivity index (χ0v) is 33.0. The van der Waals surface area contributed by atoms with Crippen molar-refractivity contribution < 1.29 is 34.4 Å². The van der Waals surface area contributed by atoms with Crippen molar-refractivity contribution in [3.63, 3.8) is 0 Å². The minimum atomic E-state index is -0.711. The molecule has 3 N–H and O–H groups in total. The van der Waals surface area contributed by atoms with Gasteiger partial charge in [-0.1, -0.05) is 122 Å². The van der Waals surface area contributed by atoms with Crippen molar-refractivity contribution in [3.8, 4) is 0 Å². The Labute approximate surface area is 313 Å². The van der Waals surface area contributed by atoms with E-state index in [2.05, 4.69) is 16.7 Å². The average Bonchev–Trinajstić information content (AvgIpc) is 3.11. The van der Waals surface area contributed by atoms with Crippen LogP contribution < -0.4 is 0 Å². The maximum atomic E-state index is 11.3. The molecule has 0 aromatic heterocycles. The van der Waals surface area contributed by atoms with E-state index in [-0.39, 0.29) is 19.4 Å². The van der Waals surface area contributed by atoms with E-state index in [4.69, 9.17) is 14.9 Å². The van der Waals surface area contributed by atoms with Crippen LogP contribution in [0.3, 0.4) is 0 Å². The lowest BCUT2D eigenvalue weighted by molar-refractivity contribution is -0.138. The van der Waals surface area contributed by atoms with Crippen molar-refractivity contribution >= 4 is 17.9 Å². The van der Waals surface area contributed by atoms with Crippen molar-refractivity contribution in [1.29, 1.82) is 0 Å². The number of ether oxygens (including phenoxy) is 1. The Morgan fingerprint density at radius 3 is 1.24 bits per heavy atom. The summed E-state index contributed by atoms with van der Waals surface area (Å²) < 4.78 is 5.72. The lowest BCUT2D eigenvalue weighted by Crippen LogP contribution is -2.33. The van der Waals surface area contributed by atoms with Crippen molar-refractivity contribution in [2.24, 2.45) is 0 Å². The summed E-state index contributed by atoms with van der Waals surface area (Å²) in [5, 5.41) is 27.3. The van der Waals surface area contributed by atoms with Gasteiger partial charge in [0.15, 0.2) is 11.7 Å². The Morgan fingerprint density at radius 1 is 0.471 bits per heavy atom. The number of nitrogens with zero attached hydrogens (tertiary/aromatic N) is 2. The molecule has 0 aromatic rings. The van der Waals surface area contributed by atoms with Crippen LogP contribution >= 0.6 is 0 Å². The number of carboxylic acid groups (broad SMARTS) is 2. The molecule has 0 spiro atoms. The summed E-state index contributed by atoms with van der Waals surface area (Å²) in [5.41, 5.74) is 0. The quantitative estimate of drug-likeness (QED) is 0.0320. The molecule has 0 unspecified atom stereocenters. The summed E-state index contributed by atoms with van der Waals surface area (Å²) in [6.07, 6.45) is 30.7. The van der Waals surface area contributed by atoms with Gasteiger partial charge in [0.25, 0.3) is 0 Å². The van der Waals surface area contributed by atoms with Gasteiger partial charge in [0, 0.05) is 25.8 Å². The number of aliphatic hydroxyl groups excluding tert-OH is 1. The Morgan fingerprint density at radius 2 is 0.824 bits per heavy atom. The van der Waals surface area contributed by atoms with Gasteiger partial charge in [0.05, 0.1) is 13.2 Å². The van der Waals surface area contributed by atoms with Gasteiger partial charge >= 0.3 is 11.9 Å². The van der Waals surface area contributed by atoms with Crippen molar-refractivity contribution in [2.75, 3.05) is 52.5 Å². The number of hydrogen-bond acceptors (Lipinski definition) is 7. The van der Waals surface area contributed by atoms with E-state index in [1.807, 2.05) is 5.94 Å². The molecule has 0 aromatic carbocycles. The summed E-state index contributed by atoms with van der Waals surface area (Å²) in [6.45, 7) is 8.89. The van der Waals surface area contributed by atoms with Crippen molar-refractivity contribution in [1.82, 2.24) is 9.80 Å². The van der Waals surface area contributed by atoms with Crippen LogP contribution in [-0.2, 0) is 19.1 Å². The van der Waals surface area contributed by atoms with E-state index in [1.54, 1.807) is 0 Å². The molecule has 0 aliphatic carbocycles. The first-order valence-corrected chi connectivity index (χ1v) is 21.3. The fourth-order valence-electron chi connectivity index (χ4n) is 6.70. The van der Waals surface area contributed by atoms with Gasteiger partial charge < -0.3 is 29.9 Å². The number of carbonyl (C=O) groups is 2. The van der Waals surface area contributed by atoms with Crippen molar-refractivity contribution in [2.45, 2.75) is 193 Å². The molecule has 0 heterocycles. The predicted octanol–water partition coefficient (Wildman–Crippen LogP) is 9.82. The normalized spacial score (nSPS) is 11.4. The van der Waals surface area contributed by atoms with Gasteiger partial charge in [-0.05, 0) is 84.1 Å². The van der Waals surface area contributed by atoms with Gasteiger partial charge in [0.1, 0.15) is 0 Å². The largest absolute Gasteiger partial charge is 0.487 e. The Kier molecular flexibility index (Phi) is 37.8. The molecule has 0 aliphatic rings. The minimum absolute atomic E-state index is 0.174. The third kappa shape index (κ3) is 37.6. The van der Waals surface area contributed by atoms with Crippen LogP contribution in [0.4, 0.5) is 0 Å². The van der Waals surface area contributed by atoms with E-state index in [0.29, 0.717) is 25.3 Å². The Bertz CT molecular complexity index is 806. The molecule has 9 nitrogen and oxygen atoms in total. The fraction of sp³-hybridized carbons (Fsp3) is 0.905. The molecule has 0 aliphatic heterocycles. The summed E-state index contributed by atoms with van der Waals surface area (Å²) in [6, 6.07) is 0. The summed E-state index contributed by atoms with van der Waals surface area (Å²) >= 11 is 0. The molecule has 9 heteroatoms. The van der Waals surface area contributed by atoms with Gasteiger partial charge in [0.2, 0.25) is 0 Å². The molecule has 0 amide bonds. The lowest BCUT2D eigenvalue weighted by Gasteiger charge is -2.26. The standard InChI is InChI=1S/C42H80N2O7/c1-2-3-4-5-6-7-8-9-19-26-38-51-40(39-46)28-20-13-10-16-25-33-44(36-37-45)35-27-34-43(31-23-17-11-14-21-29-41(47)48)32-24-18-12-15-22-30-42(49)50/h45H,2-38H2,1H3,(H,47,48)(H,49,50). The lowest BCUT2D eigenvalue weighted by atomic mass is 10.1. The molecular weight excluding hydrogens is 644 g/mol. The number of hydrogen-bond donors (Lipinski definition) is 3. The monoisotopic (exact) mass is 725 g/mol. The average molecular weight is 725 g/mol. The topological polar surface area (TPSA) is 128 Å². The highest BCUT2D eigenvalue weighted by molar-refractivity contribution is 5.66. The second kappa shape index (κ2) is 39.3. The fourth-order valence-corrected chi connectivity index (χ4v) is 6.70. The number of unbranched alkanes of at least 4 members (excludes halogenated alkanes) is 21. The second-order valence-electron chi connectivity index (χ2n) is 14.7. The molecule has 51 heavy (non-hydrogen) atoms. The zero-order valence-electron chi connectivity index (χ0n) is 33.0. The number of aliphatic carboxylic acids is 2. The van der Waals surface area contributed by atoms with E-state index in [1.165, 1.54) is 57.8 Å². The molecule has 300 valence electrons. The summed E-state index contributed by atoms with van der Waals surface area (Å²) in [4.78, 5) is 37.8. The summed E-state index contributed by atoms with van der Waals surface area (Å²) in [5.74, 6) is 1.09. The van der Waals surface area contributed by atoms with E-state index in [0.717, 1.165) is 142 Å². The highest BCUT2D eigenvalue weighted by Gasteiger charge is 2.09. The molecule has 0 radical (unpaired) electrons. The molecular formula is C42H80N2O7. The number of allylic oxidation sites excluding steroid dienone is 1. The van der Waals surface area contributed by atoms with Crippen LogP contribution in [0.5, 0.6) is 0 Å². The Hall–Kier alpha value is -1.93. The maximum Gasteiger partial charge on any atom is 0.303 e. The van der Waals surface area contributed by atoms with Gasteiger partial charge in [-0.25, -0.2) is 4.79 Å². The molecule has 0 saturated heterocycles. The number of carboxylic acids is 2. The zero-order chi connectivity index (χ0) is 37.5. The first-order chi connectivity index (χ1) is 24.9. The Balaban J connectivity index is 4.18. The van der Waals surface area contributed by atoms with Gasteiger partial charge in [-0.15, -0.1) is 0 Å². The predicted molar refractivity (Wildman–Crippen MR) is 210 cm³/mol. The number of carbonyl (C=O) groups excluding carboxylic acids is 1. The minimum Gasteiger partial charge on any atom is -0.487 e. The van der Waals surface area contributed by atoms with E-state index < -0.39 is 11.9 Å². The maximum absolute atomic E-state index is 11.3. The van der Waals surface area contributed by atoms with E-state index in [9.17, 15) is 19.5 Å². The van der Waals surface area contributed by atoms with Crippen molar-refractivity contribution in [3.05, 3.63) is 5.76 Å². The van der Waals surface area contributed by atoms with E-state index >= 15 is 0 Å². The first-order valence-electron chi connectivity index (χ1n) is 21.3. The van der Waals surface area contributed by atoms with Crippen LogP contribution in [0, 0.1) is 0 Å². The second-order valence-corrected chi connectivity index (χ2v) is 14.7. The van der Waals surface area contributed by atoms with Crippen LogP contribution in [0.1, 0.15) is 193 Å². The highest BCUT2D eigenvalue weighted by atomic mass is 16.5. The van der Waals surface area contributed by atoms with Crippen LogP contribution in [-0.4, -0.2) is 95.5 Å². The number of rotatable bonds is 42. The summed E-state index contributed by atoms with van der Waals surface area (Å²) in [7, 11) is 0. The molecule has 0 bridgehead atoms. The van der Waals surface area contributed by atoms with Gasteiger partial charge in [-0.2, -0.15) is 0 Å². The number of aliphatic hydroxyl groups is 1. The molecule has 0 rings (SSSR count). The van der Waals surface area contributed by atoms with Crippen LogP contribution in [0.25, 0.3) is 0 Å². The third-order valence-corrected chi connectivity index (χ3v) is 9.86. The van der Waals surface area contributed by atoms with Crippen LogP contribution in [0.15, 0.2) is 5.76 Å². The highest BCUT2D eigenvalue weighted by Crippen LogP contribution is 2.14.